The Kier molecular flexibility index (Phi) is 6.27. The van der Waals surface area contributed by atoms with Crippen molar-refractivity contribution in [2.75, 3.05) is 26.8 Å². The Morgan fingerprint density at radius 3 is 2.07 bits per heavy atom. The van der Waals surface area contributed by atoms with Gasteiger partial charge in [-0.05, 0) is 6.92 Å². The third kappa shape index (κ3) is 3.93. The number of allylic oxidation sites excluding steroid dienone is 3. The van der Waals surface area contributed by atoms with Crippen LogP contribution in [0, 0.1) is 11.8 Å². The summed E-state index contributed by atoms with van der Waals surface area (Å²) in [6.45, 7) is 16.7. The summed E-state index contributed by atoms with van der Waals surface area (Å²) in [4.78, 5) is 15.6. The molecule has 3 aliphatic heterocycles. The van der Waals surface area contributed by atoms with E-state index in [9.17, 15) is 4.79 Å². The van der Waals surface area contributed by atoms with Crippen LogP contribution >= 0.6 is 0 Å². The maximum atomic E-state index is 13.6. The van der Waals surface area contributed by atoms with Gasteiger partial charge in [-0.15, -0.1) is 6.58 Å². The van der Waals surface area contributed by atoms with Crippen molar-refractivity contribution in [2.24, 2.45) is 11.8 Å². The van der Waals surface area contributed by atoms with Gasteiger partial charge in [0.25, 0.3) is 0 Å². The highest BCUT2D eigenvalue weighted by Gasteiger charge is 2.56. The summed E-state index contributed by atoms with van der Waals surface area (Å²) in [7, 11) is -1.59. The minimum absolute atomic E-state index is 0.0301. The Morgan fingerprint density at radius 1 is 1.11 bits per heavy atom. The molecule has 0 aromatic heterocycles. The molecule has 7 heteroatoms. The number of rotatable bonds is 5. The van der Waals surface area contributed by atoms with Crippen molar-refractivity contribution in [1.29, 1.82) is 0 Å². The van der Waals surface area contributed by atoms with Gasteiger partial charge in [0.1, 0.15) is 25.8 Å². The van der Waals surface area contributed by atoms with E-state index in [1.165, 1.54) is 5.20 Å². The zero-order valence-electron chi connectivity index (χ0n) is 17.1. The van der Waals surface area contributed by atoms with Crippen LogP contribution < -0.4 is 0 Å². The standard InChI is InChI=1S/C20H33NO5Si/c1-7-8-15(14(3)27(4,5)6)13(2)20(22)21-16-9-23-11-25-18(16)19-17(21)10-24-12-26-19/h7-8,13,15-19H,3,9-12H2,1-2,4-6H3/b8-7+/t13-,15+,16-,17-,18+,19+/m0/s1. The van der Waals surface area contributed by atoms with E-state index in [0.717, 1.165) is 0 Å². The fourth-order valence-corrected chi connectivity index (χ4v) is 5.71. The molecule has 3 fully saturated rings. The summed E-state index contributed by atoms with van der Waals surface area (Å²) in [5.74, 6) is -0.0746. The smallest absolute Gasteiger partial charge is 0.227 e. The molecule has 0 radical (unpaired) electrons. The third-order valence-electron chi connectivity index (χ3n) is 6.01. The number of amides is 1. The molecule has 0 bridgehead atoms. The highest BCUT2D eigenvalue weighted by atomic mass is 28.3. The van der Waals surface area contributed by atoms with Crippen LogP contribution in [0.15, 0.2) is 23.9 Å². The van der Waals surface area contributed by atoms with Crippen molar-refractivity contribution < 1.29 is 23.7 Å². The first-order valence-electron chi connectivity index (χ1n) is 9.80. The van der Waals surface area contributed by atoms with Crippen LogP contribution in [-0.4, -0.2) is 70.0 Å². The molecule has 0 aromatic rings. The van der Waals surface area contributed by atoms with E-state index < -0.39 is 8.07 Å². The van der Waals surface area contributed by atoms with E-state index in [-0.39, 0.29) is 55.6 Å². The van der Waals surface area contributed by atoms with Crippen LogP contribution in [0.1, 0.15) is 13.8 Å². The van der Waals surface area contributed by atoms with Crippen LogP contribution in [0.25, 0.3) is 0 Å². The first kappa shape index (κ1) is 20.7. The largest absolute Gasteiger partial charge is 0.353 e. The predicted octanol–water partition coefficient (Wildman–Crippen LogP) is 2.57. The number of ether oxygens (including phenoxy) is 4. The zero-order chi connectivity index (χ0) is 19.8. The minimum atomic E-state index is -1.59. The summed E-state index contributed by atoms with van der Waals surface area (Å²) in [6.07, 6.45) is 3.85. The predicted molar refractivity (Wildman–Crippen MR) is 106 cm³/mol. The van der Waals surface area contributed by atoms with E-state index in [2.05, 4.69) is 32.3 Å². The normalized spacial score (nSPS) is 33.4. The summed E-state index contributed by atoms with van der Waals surface area (Å²) in [5.41, 5.74) is 0. The molecule has 0 saturated carbocycles. The first-order chi connectivity index (χ1) is 12.8. The molecule has 0 spiro atoms. The van der Waals surface area contributed by atoms with E-state index in [4.69, 9.17) is 18.9 Å². The lowest BCUT2D eigenvalue weighted by molar-refractivity contribution is -0.208. The number of nitrogens with zero attached hydrogens (tertiary/aromatic N) is 1. The molecular formula is C20H33NO5Si. The van der Waals surface area contributed by atoms with Crippen LogP contribution in [0.3, 0.4) is 0 Å². The topological polar surface area (TPSA) is 57.2 Å². The van der Waals surface area contributed by atoms with E-state index in [1.807, 2.05) is 24.8 Å². The molecule has 27 heavy (non-hydrogen) atoms. The molecule has 0 N–H and O–H groups in total. The monoisotopic (exact) mass is 395 g/mol. The van der Waals surface area contributed by atoms with Gasteiger partial charge >= 0.3 is 0 Å². The van der Waals surface area contributed by atoms with Gasteiger partial charge in [-0.3, -0.25) is 4.79 Å². The summed E-state index contributed by atoms with van der Waals surface area (Å²) < 4.78 is 22.7. The number of carbonyl (C=O) groups is 1. The van der Waals surface area contributed by atoms with Gasteiger partial charge in [-0.25, -0.2) is 0 Å². The molecule has 1 amide bonds. The number of likely N-dealkylation sites (tertiary alicyclic amines) is 1. The molecule has 3 heterocycles. The van der Waals surface area contributed by atoms with Crippen LogP contribution in [0.2, 0.25) is 19.6 Å². The average molecular weight is 396 g/mol. The molecule has 0 aromatic carbocycles. The Bertz CT molecular complexity index is 580. The number of hydrogen-bond acceptors (Lipinski definition) is 5. The molecular weight excluding hydrogens is 362 g/mol. The molecule has 3 saturated heterocycles. The molecule has 3 aliphatic rings. The second-order valence-electron chi connectivity index (χ2n) is 8.74. The van der Waals surface area contributed by atoms with Crippen molar-refractivity contribution in [3.63, 3.8) is 0 Å². The second kappa shape index (κ2) is 8.17. The lowest BCUT2D eigenvalue weighted by Crippen LogP contribution is -2.52. The van der Waals surface area contributed by atoms with Gasteiger partial charge in [0.05, 0.1) is 33.4 Å². The molecule has 152 valence electrons. The van der Waals surface area contributed by atoms with Crippen molar-refractivity contribution in [3.05, 3.63) is 23.9 Å². The van der Waals surface area contributed by atoms with Crippen LogP contribution in [-0.2, 0) is 23.7 Å². The third-order valence-corrected chi connectivity index (χ3v) is 8.27. The van der Waals surface area contributed by atoms with Crippen molar-refractivity contribution in [3.8, 4) is 0 Å². The highest BCUT2D eigenvalue weighted by Crippen LogP contribution is 2.38. The number of hydrogen-bond donors (Lipinski definition) is 0. The van der Waals surface area contributed by atoms with E-state index in [0.29, 0.717) is 13.2 Å². The van der Waals surface area contributed by atoms with Gasteiger partial charge in [0, 0.05) is 11.8 Å². The van der Waals surface area contributed by atoms with Gasteiger partial charge in [-0.1, -0.05) is 43.9 Å². The number of fused-ring (bicyclic) bond motifs is 3. The van der Waals surface area contributed by atoms with Crippen molar-refractivity contribution >= 4 is 14.0 Å². The van der Waals surface area contributed by atoms with Gasteiger partial charge < -0.3 is 23.8 Å². The molecule has 6 atom stereocenters. The van der Waals surface area contributed by atoms with Crippen LogP contribution in [0.5, 0.6) is 0 Å². The molecule has 0 aliphatic carbocycles. The first-order valence-corrected chi connectivity index (χ1v) is 13.3. The molecule has 3 rings (SSSR count). The van der Waals surface area contributed by atoms with Gasteiger partial charge in [0.15, 0.2) is 0 Å². The van der Waals surface area contributed by atoms with E-state index in [1.54, 1.807) is 0 Å². The van der Waals surface area contributed by atoms with Gasteiger partial charge in [0.2, 0.25) is 5.91 Å². The fraction of sp³-hybridized carbons (Fsp3) is 0.750. The SMILES string of the molecule is C=C([C@H](/C=C/C)[C@H](C)C(=O)N1[C@H]2COCO[C@H]2[C@@H]2OCOC[C@@H]21)[Si](C)(C)C. The second-order valence-corrected chi connectivity index (χ2v) is 13.9. The Balaban J connectivity index is 1.86. The Hall–Kier alpha value is -0.993. The maximum Gasteiger partial charge on any atom is 0.227 e. The lowest BCUT2D eigenvalue weighted by Gasteiger charge is -2.38. The lowest BCUT2D eigenvalue weighted by atomic mass is 9.91. The van der Waals surface area contributed by atoms with Gasteiger partial charge in [-0.2, -0.15) is 0 Å². The Labute approximate surface area is 163 Å². The maximum absolute atomic E-state index is 13.6. The van der Waals surface area contributed by atoms with Crippen molar-refractivity contribution in [2.45, 2.75) is 57.8 Å². The van der Waals surface area contributed by atoms with E-state index >= 15 is 0 Å². The molecule has 0 unspecified atom stereocenters. The quantitative estimate of drug-likeness (QED) is 0.529. The summed E-state index contributed by atoms with van der Waals surface area (Å²) in [5, 5.41) is 1.20. The summed E-state index contributed by atoms with van der Waals surface area (Å²) in [6, 6.07) is -0.256. The molecule has 6 nitrogen and oxygen atoms in total. The highest BCUT2D eigenvalue weighted by molar-refractivity contribution is 6.83. The summed E-state index contributed by atoms with van der Waals surface area (Å²) >= 11 is 0. The zero-order valence-corrected chi connectivity index (χ0v) is 18.1. The Morgan fingerprint density at radius 2 is 1.63 bits per heavy atom. The van der Waals surface area contributed by atoms with Crippen molar-refractivity contribution in [1.82, 2.24) is 4.90 Å². The number of carbonyl (C=O) groups excluding carboxylic acids is 1. The minimum Gasteiger partial charge on any atom is -0.353 e. The average Bonchev–Trinajstić information content (AvgIpc) is 2.98. The van der Waals surface area contributed by atoms with Crippen LogP contribution in [0.4, 0.5) is 0 Å². The fourth-order valence-electron chi connectivity index (χ4n) is 4.36.